The van der Waals surface area contributed by atoms with Gasteiger partial charge in [0.1, 0.15) is 5.82 Å². The zero-order chi connectivity index (χ0) is 14.9. The molecule has 0 spiro atoms. The fourth-order valence-corrected chi connectivity index (χ4v) is 2.04. The van der Waals surface area contributed by atoms with Gasteiger partial charge in [-0.1, -0.05) is 23.2 Å². The van der Waals surface area contributed by atoms with Gasteiger partial charge in [0, 0.05) is 11.4 Å². The van der Waals surface area contributed by atoms with E-state index < -0.39 is 17.5 Å². The Balaban J connectivity index is 2.30. The largest absolute Gasteiger partial charge is 0.398 e. The molecule has 3 N–H and O–H groups in total. The molecule has 2 rings (SSSR count). The fraction of sp³-hybridized carbons (Fsp3) is 0. The summed E-state index contributed by atoms with van der Waals surface area (Å²) < 4.78 is 26.3. The second-order valence-corrected chi connectivity index (χ2v) is 4.75. The molecule has 0 aliphatic rings. The van der Waals surface area contributed by atoms with Gasteiger partial charge in [-0.3, -0.25) is 4.79 Å². The molecule has 0 atom stereocenters. The lowest BCUT2D eigenvalue weighted by Gasteiger charge is -2.09. The van der Waals surface area contributed by atoms with Crippen LogP contribution in [0, 0.1) is 11.6 Å². The van der Waals surface area contributed by atoms with Crippen LogP contribution in [0.25, 0.3) is 0 Å². The number of hydrogen-bond donors (Lipinski definition) is 2. The molecule has 0 aliphatic carbocycles. The van der Waals surface area contributed by atoms with Gasteiger partial charge in [-0.05, 0) is 30.3 Å². The van der Waals surface area contributed by atoms with E-state index in [9.17, 15) is 13.6 Å². The van der Waals surface area contributed by atoms with E-state index >= 15 is 0 Å². The minimum absolute atomic E-state index is 0.0402. The normalized spacial score (nSPS) is 10.4. The number of halogens is 4. The van der Waals surface area contributed by atoms with Crippen molar-refractivity contribution in [2.24, 2.45) is 0 Å². The first kappa shape index (κ1) is 14.6. The van der Waals surface area contributed by atoms with Crippen molar-refractivity contribution in [1.29, 1.82) is 0 Å². The Labute approximate surface area is 123 Å². The summed E-state index contributed by atoms with van der Waals surface area (Å²) in [6, 6.07) is 5.79. The predicted octanol–water partition coefficient (Wildman–Crippen LogP) is 4.11. The molecule has 7 heteroatoms. The Morgan fingerprint density at radius 2 is 1.70 bits per heavy atom. The number of anilines is 2. The van der Waals surface area contributed by atoms with Crippen LogP contribution in [0.4, 0.5) is 20.2 Å². The summed E-state index contributed by atoms with van der Waals surface area (Å²) in [6.45, 7) is 0. The van der Waals surface area contributed by atoms with Gasteiger partial charge in [-0.25, -0.2) is 8.78 Å². The summed E-state index contributed by atoms with van der Waals surface area (Å²) in [5.41, 5.74) is 5.84. The molecule has 0 heterocycles. The molecule has 0 fully saturated rings. The maximum absolute atomic E-state index is 13.2. The lowest BCUT2D eigenvalue weighted by Crippen LogP contribution is -2.14. The quantitative estimate of drug-likeness (QED) is 0.647. The maximum atomic E-state index is 13.2. The van der Waals surface area contributed by atoms with Crippen molar-refractivity contribution in [2.45, 2.75) is 0 Å². The van der Waals surface area contributed by atoms with Crippen molar-refractivity contribution >= 4 is 40.5 Å². The van der Waals surface area contributed by atoms with Crippen molar-refractivity contribution in [3.8, 4) is 0 Å². The number of nitrogen functional groups attached to an aromatic ring is 1. The van der Waals surface area contributed by atoms with Crippen molar-refractivity contribution < 1.29 is 13.6 Å². The van der Waals surface area contributed by atoms with E-state index in [0.717, 1.165) is 12.1 Å². The molecule has 104 valence electrons. The molecule has 0 aliphatic heterocycles. The average Bonchev–Trinajstić information content (AvgIpc) is 2.38. The summed E-state index contributed by atoms with van der Waals surface area (Å²) in [5, 5.41) is 1.94. The highest BCUT2D eigenvalue weighted by molar-refractivity contribution is 6.35. The summed E-state index contributed by atoms with van der Waals surface area (Å²) in [4.78, 5) is 12.0. The summed E-state index contributed by atoms with van der Waals surface area (Å²) >= 11 is 11.2. The van der Waals surface area contributed by atoms with E-state index in [0.29, 0.717) is 0 Å². The third-order valence-corrected chi connectivity index (χ3v) is 3.05. The average molecular weight is 317 g/mol. The topological polar surface area (TPSA) is 55.1 Å². The van der Waals surface area contributed by atoms with Crippen LogP contribution in [-0.2, 0) is 0 Å². The second-order valence-electron chi connectivity index (χ2n) is 3.94. The Morgan fingerprint density at radius 3 is 2.30 bits per heavy atom. The predicted molar refractivity (Wildman–Crippen MR) is 75.2 cm³/mol. The Kier molecular flexibility index (Phi) is 4.11. The molecule has 0 unspecified atom stereocenters. The van der Waals surface area contributed by atoms with Crippen molar-refractivity contribution in [3.05, 3.63) is 57.6 Å². The maximum Gasteiger partial charge on any atom is 0.257 e. The zero-order valence-electron chi connectivity index (χ0n) is 9.88. The van der Waals surface area contributed by atoms with Crippen LogP contribution < -0.4 is 11.1 Å². The summed E-state index contributed by atoms with van der Waals surface area (Å²) in [5.74, 6) is -2.03. The van der Waals surface area contributed by atoms with E-state index in [1.807, 2.05) is 0 Å². The first-order valence-electron chi connectivity index (χ1n) is 5.39. The van der Waals surface area contributed by atoms with E-state index in [4.69, 9.17) is 28.9 Å². The zero-order valence-corrected chi connectivity index (χ0v) is 11.4. The van der Waals surface area contributed by atoms with Gasteiger partial charge in [-0.2, -0.15) is 0 Å². The number of nitrogens with two attached hydrogens (primary N) is 1. The van der Waals surface area contributed by atoms with Crippen LogP contribution in [0.1, 0.15) is 10.4 Å². The molecular formula is C13H8Cl2F2N2O. The molecule has 20 heavy (non-hydrogen) atoms. The number of carbonyl (C=O) groups excluding carboxylic acids is 1. The first-order chi connectivity index (χ1) is 9.38. The summed E-state index contributed by atoms with van der Waals surface area (Å²) in [7, 11) is 0. The number of amides is 1. The Bertz CT molecular complexity index is 669. The molecule has 0 saturated carbocycles. The molecule has 0 saturated heterocycles. The van der Waals surface area contributed by atoms with Crippen LogP contribution in [0.5, 0.6) is 0 Å². The van der Waals surface area contributed by atoms with E-state index in [1.54, 1.807) is 0 Å². The molecule has 2 aromatic carbocycles. The number of hydrogen-bond acceptors (Lipinski definition) is 2. The Morgan fingerprint density at radius 1 is 1.10 bits per heavy atom. The van der Waals surface area contributed by atoms with Gasteiger partial charge in [0.2, 0.25) is 0 Å². The molecule has 3 nitrogen and oxygen atoms in total. The van der Waals surface area contributed by atoms with Crippen molar-refractivity contribution in [3.63, 3.8) is 0 Å². The Hall–Kier alpha value is -1.85. The standard InChI is InChI=1S/C13H8Cl2F2N2O/c14-9-4-7(5-10(15)12(9)17)19-13(20)8-3-6(16)1-2-11(8)18/h1-5H,18H2,(H,19,20). The van der Waals surface area contributed by atoms with Crippen LogP contribution in [0.2, 0.25) is 10.0 Å². The number of rotatable bonds is 2. The highest BCUT2D eigenvalue weighted by Gasteiger charge is 2.13. The van der Waals surface area contributed by atoms with E-state index in [2.05, 4.69) is 5.32 Å². The van der Waals surface area contributed by atoms with Crippen molar-refractivity contribution in [1.82, 2.24) is 0 Å². The lowest BCUT2D eigenvalue weighted by atomic mass is 10.1. The van der Waals surface area contributed by atoms with Crippen LogP contribution >= 0.6 is 23.2 Å². The SMILES string of the molecule is Nc1ccc(F)cc1C(=O)Nc1cc(Cl)c(F)c(Cl)c1. The van der Waals surface area contributed by atoms with Crippen molar-refractivity contribution in [2.75, 3.05) is 11.1 Å². The molecule has 1 amide bonds. The molecule has 0 aromatic heterocycles. The summed E-state index contributed by atoms with van der Waals surface area (Å²) in [6.07, 6.45) is 0. The monoisotopic (exact) mass is 316 g/mol. The third kappa shape index (κ3) is 3.00. The van der Waals surface area contributed by atoms with Gasteiger partial charge < -0.3 is 11.1 Å². The minimum atomic E-state index is -0.781. The van der Waals surface area contributed by atoms with Gasteiger partial charge in [0.15, 0.2) is 5.82 Å². The van der Waals surface area contributed by atoms with Crippen LogP contribution in [0.15, 0.2) is 30.3 Å². The number of carbonyl (C=O) groups is 1. The van der Waals surface area contributed by atoms with Gasteiger partial charge in [-0.15, -0.1) is 0 Å². The number of nitrogens with one attached hydrogen (secondary N) is 1. The molecule has 0 radical (unpaired) electrons. The third-order valence-electron chi connectivity index (χ3n) is 2.50. The van der Waals surface area contributed by atoms with Gasteiger partial charge in [0.25, 0.3) is 5.91 Å². The van der Waals surface area contributed by atoms with Gasteiger partial charge >= 0.3 is 0 Å². The molecule has 0 bridgehead atoms. The van der Waals surface area contributed by atoms with Crippen LogP contribution in [-0.4, -0.2) is 5.91 Å². The van der Waals surface area contributed by atoms with E-state index in [1.165, 1.54) is 18.2 Å². The smallest absolute Gasteiger partial charge is 0.257 e. The fourth-order valence-electron chi connectivity index (χ4n) is 1.55. The molecule has 2 aromatic rings. The van der Waals surface area contributed by atoms with E-state index in [-0.39, 0.29) is 27.0 Å². The number of benzene rings is 2. The lowest BCUT2D eigenvalue weighted by molar-refractivity contribution is 0.102. The molecular weight excluding hydrogens is 309 g/mol. The highest BCUT2D eigenvalue weighted by Crippen LogP contribution is 2.28. The van der Waals surface area contributed by atoms with Gasteiger partial charge in [0.05, 0.1) is 15.6 Å². The first-order valence-corrected chi connectivity index (χ1v) is 6.15. The second kappa shape index (κ2) is 5.64. The minimum Gasteiger partial charge on any atom is -0.398 e. The van der Waals surface area contributed by atoms with Crippen LogP contribution in [0.3, 0.4) is 0 Å². The highest BCUT2D eigenvalue weighted by atomic mass is 35.5.